The Labute approximate surface area is 128 Å². The van der Waals surface area contributed by atoms with Gasteiger partial charge in [0.15, 0.2) is 0 Å². The molecule has 2 rings (SSSR count). The zero-order chi connectivity index (χ0) is 15.6. The molecule has 0 radical (unpaired) electrons. The summed E-state index contributed by atoms with van der Waals surface area (Å²) >= 11 is 5.82. The average Bonchev–Trinajstić information content (AvgIpc) is 2.41. The molecular weight excluding hydrogens is 312 g/mol. The van der Waals surface area contributed by atoms with Crippen LogP contribution in [0.15, 0.2) is 35.4 Å². The van der Waals surface area contributed by atoms with Crippen LogP contribution in [0.25, 0.3) is 0 Å². The van der Waals surface area contributed by atoms with Gasteiger partial charge in [0.25, 0.3) is 0 Å². The topological polar surface area (TPSA) is 89.2 Å². The number of nitrogens with two attached hydrogens (primary N) is 1. The molecule has 2 heterocycles. The molecular formula is C13H15ClN4O2S. The van der Waals surface area contributed by atoms with Gasteiger partial charge >= 0.3 is 0 Å². The molecule has 0 aliphatic rings. The van der Waals surface area contributed by atoms with Gasteiger partial charge in [-0.05, 0) is 25.1 Å². The van der Waals surface area contributed by atoms with E-state index < -0.39 is 10.0 Å². The minimum Gasteiger partial charge on any atom is -0.382 e. The standard InChI is InChI=1S/C13H15ClN4O2S/c1-9-4-3-5-10(17-9)8-18(2)21(19,20)11-6-12(14)13(15)16-7-11/h3-7H,8H2,1-2H3,(H2,15,16). The van der Waals surface area contributed by atoms with E-state index in [9.17, 15) is 8.42 Å². The molecule has 0 aromatic carbocycles. The van der Waals surface area contributed by atoms with Gasteiger partial charge in [-0.3, -0.25) is 4.98 Å². The molecule has 0 aliphatic heterocycles. The molecule has 0 amide bonds. The Morgan fingerprint density at radius 3 is 2.71 bits per heavy atom. The lowest BCUT2D eigenvalue weighted by atomic mass is 10.3. The van der Waals surface area contributed by atoms with E-state index in [2.05, 4.69) is 9.97 Å². The van der Waals surface area contributed by atoms with Crippen LogP contribution in [0.3, 0.4) is 0 Å². The van der Waals surface area contributed by atoms with Crippen molar-refractivity contribution in [3.63, 3.8) is 0 Å². The molecule has 21 heavy (non-hydrogen) atoms. The van der Waals surface area contributed by atoms with Crippen LogP contribution in [-0.4, -0.2) is 29.7 Å². The summed E-state index contributed by atoms with van der Waals surface area (Å²) in [4.78, 5) is 8.05. The lowest BCUT2D eigenvalue weighted by Crippen LogP contribution is -2.27. The number of nitrogen functional groups attached to an aromatic ring is 1. The largest absolute Gasteiger partial charge is 0.382 e. The number of hydrogen-bond donors (Lipinski definition) is 1. The summed E-state index contributed by atoms with van der Waals surface area (Å²) in [5.41, 5.74) is 6.98. The summed E-state index contributed by atoms with van der Waals surface area (Å²) < 4.78 is 26.1. The first-order chi connectivity index (χ1) is 9.80. The van der Waals surface area contributed by atoms with Crippen molar-refractivity contribution in [2.75, 3.05) is 12.8 Å². The second kappa shape index (κ2) is 5.97. The Kier molecular flexibility index (Phi) is 4.46. The third-order valence-electron chi connectivity index (χ3n) is 2.88. The number of halogens is 1. The first-order valence-electron chi connectivity index (χ1n) is 6.10. The summed E-state index contributed by atoms with van der Waals surface area (Å²) in [5, 5.41) is 0.109. The molecule has 0 aliphatic carbocycles. The van der Waals surface area contributed by atoms with Gasteiger partial charge in [-0.1, -0.05) is 17.7 Å². The summed E-state index contributed by atoms with van der Waals surface area (Å²) in [6.07, 6.45) is 1.19. The monoisotopic (exact) mass is 326 g/mol. The van der Waals surface area contributed by atoms with Crippen LogP contribution in [0.5, 0.6) is 0 Å². The highest BCUT2D eigenvalue weighted by atomic mass is 35.5. The number of aromatic nitrogens is 2. The number of aryl methyl sites for hydroxylation is 1. The molecule has 0 unspecified atom stereocenters. The lowest BCUT2D eigenvalue weighted by molar-refractivity contribution is 0.461. The zero-order valence-corrected chi connectivity index (χ0v) is 13.2. The zero-order valence-electron chi connectivity index (χ0n) is 11.6. The molecule has 8 heteroatoms. The lowest BCUT2D eigenvalue weighted by Gasteiger charge is -2.17. The summed E-state index contributed by atoms with van der Waals surface area (Å²) in [5.74, 6) is 0.0959. The fraction of sp³-hybridized carbons (Fsp3) is 0.231. The second-order valence-corrected chi connectivity index (χ2v) is 7.02. The maximum atomic E-state index is 12.4. The van der Waals surface area contributed by atoms with Crippen molar-refractivity contribution in [2.24, 2.45) is 0 Å². The molecule has 2 aromatic heterocycles. The van der Waals surface area contributed by atoms with Gasteiger partial charge in [-0.15, -0.1) is 0 Å². The molecule has 0 spiro atoms. The maximum Gasteiger partial charge on any atom is 0.244 e. The number of hydrogen-bond acceptors (Lipinski definition) is 5. The summed E-state index contributed by atoms with van der Waals surface area (Å²) in [6.45, 7) is 2.01. The van der Waals surface area contributed by atoms with Crippen LogP contribution in [-0.2, 0) is 16.6 Å². The highest BCUT2D eigenvalue weighted by molar-refractivity contribution is 7.89. The van der Waals surface area contributed by atoms with Gasteiger partial charge in [0, 0.05) is 18.9 Å². The van der Waals surface area contributed by atoms with Crippen molar-refractivity contribution in [2.45, 2.75) is 18.4 Å². The van der Waals surface area contributed by atoms with E-state index in [1.54, 1.807) is 6.07 Å². The van der Waals surface area contributed by atoms with E-state index >= 15 is 0 Å². The Morgan fingerprint density at radius 1 is 1.38 bits per heavy atom. The van der Waals surface area contributed by atoms with Gasteiger partial charge in [0.05, 0.1) is 17.3 Å². The van der Waals surface area contributed by atoms with Gasteiger partial charge < -0.3 is 5.73 Å². The fourth-order valence-corrected chi connectivity index (χ4v) is 3.10. The van der Waals surface area contributed by atoms with Crippen LogP contribution < -0.4 is 5.73 Å². The van der Waals surface area contributed by atoms with Crippen molar-refractivity contribution >= 4 is 27.4 Å². The molecule has 2 N–H and O–H groups in total. The van der Waals surface area contributed by atoms with Gasteiger partial charge in [-0.2, -0.15) is 4.31 Å². The van der Waals surface area contributed by atoms with Gasteiger partial charge in [0.2, 0.25) is 10.0 Å². The Morgan fingerprint density at radius 2 is 2.10 bits per heavy atom. The molecule has 0 saturated carbocycles. The van der Waals surface area contributed by atoms with Crippen molar-refractivity contribution < 1.29 is 8.42 Å². The smallest absolute Gasteiger partial charge is 0.244 e. The van der Waals surface area contributed by atoms with Crippen LogP contribution in [0, 0.1) is 6.92 Å². The van der Waals surface area contributed by atoms with Crippen molar-refractivity contribution in [3.8, 4) is 0 Å². The van der Waals surface area contributed by atoms with E-state index in [-0.39, 0.29) is 22.3 Å². The maximum absolute atomic E-state index is 12.4. The molecule has 0 bridgehead atoms. The first kappa shape index (κ1) is 15.7. The average molecular weight is 327 g/mol. The van der Waals surface area contributed by atoms with E-state index in [0.29, 0.717) is 5.69 Å². The molecule has 112 valence electrons. The highest BCUT2D eigenvalue weighted by Crippen LogP contribution is 2.22. The molecule has 6 nitrogen and oxygen atoms in total. The quantitative estimate of drug-likeness (QED) is 0.926. The van der Waals surface area contributed by atoms with Gasteiger partial charge in [-0.25, -0.2) is 13.4 Å². The predicted molar refractivity (Wildman–Crippen MR) is 81.3 cm³/mol. The molecule has 0 atom stereocenters. The number of nitrogens with zero attached hydrogens (tertiary/aromatic N) is 3. The molecule has 0 fully saturated rings. The van der Waals surface area contributed by atoms with Gasteiger partial charge in [0.1, 0.15) is 10.7 Å². The third kappa shape index (κ3) is 3.49. The normalized spacial score (nSPS) is 11.8. The predicted octanol–water partition coefficient (Wildman–Crippen LogP) is 1.84. The van der Waals surface area contributed by atoms with Crippen LogP contribution in [0.1, 0.15) is 11.4 Å². The fourth-order valence-electron chi connectivity index (χ4n) is 1.75. The minimum absolute atomic E-state index is 0.00291. The SMILES string of the molecule is Cc1cccc(CN(C)S(=O)(=O)c2cnc(N)c(Cl)c2)n1. The van der Waals surface area contributed by atoms with Crippen LogP contribution >= 0.6 is 11.6 Å². The van der Waals surface area contributed by atoms with E-state index in [4.69, 9.17) is 17.3 Å². The van der Waals surface area contributed by atoms with Crippen molar-refractivity contribution in [1.82, 2.24) is 14.3 Å². The Balaban J connectivity index is 2.28. The number of anilines is 1. The van der Waals surface area contributed by atoms with E-state index in [1.807, 2.05) is 19.1 Å². The van der Waals surface area contributed by atoms with E-state index in [0.717, 1.165) is 5.69 Å². The molecule has 0 saturated heterocycles. The minimum atomic E-state index is -3.70. The number of rotatable bonds is 4. The van der Waals surface area contributed by atoms with Crippen molar-refractivity contribution in [3.05, 3.63) is 46.9 Å². The number of pyridine rings is 2. The number of sulfonamides is 1. The third-order valence-corrected chi connectivity index (χ3v) is 4.95. The first-order valence-corrected chi connectivity index (χ1v) is 7.92. The second-order valence-electron chi connectivity index (χ2n) is 4.57. The summed E-state index contributed by atoms with van der Waals surface area (Å²) in [7, 11) is -2.22. The van der Waals surface area contributed by atoms with E-state index in [1.165, 1.54) is 23.6 Å². The Bertz CT molecular complexity index is 765. The van der Waals surface area contributed by atoms with Crippen molar-refractivity contribution in [1.29, 1.82) is 0 Å². The van der Waals surface area contributed by atoms with Crippen LogP contribution in [0.2, 0.25) is 5.02 Å². The highest BCUT2D eigenvalue weighted by Gasteiger charge is 2.22. The van der Waals surface area contributed by atoms with Crippen LogP contribution in [0.4, 0.5) is 5.82 Å². The summed E-state index contributed by atoms with van der Waals surface area (Å²) in [6, 6.07) is 6.74. The molecule has 2 aromatic rings. The Hall–Kier alpha value is -1.70.